The first kappa shape index (κ1) is 16.6. The van der Waals surface area contributed by atoms with Crippen molar-refractivity contribution >= 4 is 39.1 Å². The highest BCUT2D eigenvalue weighted by atomic mass is 32.2. The van der Waals surface area contributed by atoms with E-state index >= 15 is 0 Å². The van der Waals surface area contributed by atoms with Gasteiger partial charge in [0.05, 0.1) is 11.1 Å². The first-order valence-electron chi connectivity index (χ1n) is 8.52. The quantitative estimate of drug-likeness (QED) is 0.664. The van der Waals surface area contributed by atoms with Gasteiger partial charge in [-0.15, -0.1) is 16.4 Å². The molecule has 3 N–H and O–H groups in total. The third-order valence-electron chi connectivity index (χ3n) is 4.39. The molecule has 1 aliphatic carbocycles. The first-order valence-corrected chi connectivity index (χ1v) is 10.3. The number of nitrogens with one attached hydrogen (secondary N) is 1. The van der Waals surface area contributed by atoms with Crippen molar-refractivity contribution in [2.75, 3.05) is 5.73 Å². The molecule has 3 aromatic rings. The Morgan fingerprint density at radius 3 is 3.00 bits per heavy atom. The molecule has 4 rings (SSSR count). The van der Waals surface area contributed by atoms with E-state index in [0.717, 1.165) is 29.5 Å². The van der Waals surface area contributed by atoms with Gasteiger partial charge in [0.2, 0.25) is 0 Å². The van der Waals surface area contributed by atoms with Crippen LogP contribution in [-0.4, -0.2) is 24.7 Å². The largest absolute Gasteiger partial charge is 0.383 e. The predicted molar refractivity (Wildman–Crippen MR) is 101 cm³/mol. The van der Waals surface area contributed by atoms with Gasteiger partial charge in [0, 0.05) is 11.4 Å². The van der Waals surface area contributed by atoms with E-state index in [4.69, 9.17) is 10.7 Å². The van der Waals surface area contributed by atoms with Crippen molar-refractivity contribution in [2.45, 2.75) is 56.5 Å². The number of thioether (sulfide) groups is 1. The highest BCUT2D eigenvalue weighted by Crippen LogP contribution is 2.38. The fourth-order valence-electron chi connectivity index (χ4n) is 3.26. The molecule has 3 aromatic heterocycles. The van der Waals surface area contributed by atoms with Gasteiger partial charge in [-0.2, -0.15) is 0 Å². The zero-order valence-electron chi connectivity index (χ0n) is 14.0. The summed E-state index contributed by atoms with van der Waals surface area (Å²) >= 11 is 3.21. The third-order valence-corrected chi connectivity index (χ3v) is 6.55. The summed E-state index contributed by atoms with van der Waals surface area (Å²) in [6.07, 6.45) is 5.53. The van der Waals surface area contributed by atoms with Gasteiger partial charge in [-0.05, 0) is 37.7 Å². The van der Waals surface area contributed by atoms with Gasteiger partial charge < -0.3 is 5.73 Å². The Hall–Kier alpha value is -1.87. The molecule has 0 spiro atoms. The number of aromatic nitrogens is 5. The molecule has 1 aliphatic rings. The molecule has 9 heteroatoms. The summed E-state index contributed by atoms with van der Waals surface area (Å²) in [4.78, 5) is 23.4. The number of nitrogens with two attached hydrogens (primary N) is 1. The lowest BCUT2D eigenvalue weighted by Gasteiger charge is -2.10. The second-order valence-electron chi connectivity index (χ2n) is 6.17. The van der Waals surface area contributed by atoms with Crippen LogP contribution in [0.5, 0.6) is 0 Å². The lowest BCUT2D eigenvalue weighted by atomic mass is 9.97. The van der Waals surface area contributed by atoms with Crippen LogP contribution in [0.4, 0.5) is 5.82 Å². The zero-order chi connectivity index (χ0) is 17.4. The topological polar surface area (TPSA) is 102 Å². The number of H-pyrrole nitrogens is 1. The van der Waals surface area contributed by atoms with Crippen LogP contribution >= 0.6 is 23.1 Å². The van der Waals surface area contributed by atoms with Crippen molar-refractivity contribution in [1.29, 1.82) is 0 Å². The minimum absolute atomic E-state index is 0.175. The molecule has 132 valence electrons. The van der Waals surface area contributed by atoms with Crippen molar-refractivity contribution < 1.29 is 0 Å². The Morgan fingerprint density at radius 2 is 2.16 bits per heavy atom. The Kier molecular flexibility index (Phi) is 4.51. The van der Waals surface area contributed by atoms with E-state index in [1.165, 1.54) is 35.0 Å². The average Bonchev–Trinajstić information content (AvgIpc) is 3.14. The number of aromatic amines is 1. The number of aryl methyl sites for hydroxylation is 2. The van der Waals surface area contributed by atoms with E-state index in [1.807, 2.05) is 6.92 Å². The lowest BCUT2D eigenvalue weighted by molar-refractivity contribution is 0.603. The van der Waals surface area contributed by atoms with Gasteiger partial charge in [-0.1, -0.05) is 18.7 Å². The first-order chi connectivity index (χ1) is 12.2. The summed E-state index contributed by atoms with van der Waals surface area (Å²) in [5, 5.41) is 8.32. The van der Waals surface area contributed by atoms with E-state index in [2.05, 4.69) is 15.2 Å². The number of nitrogens with zero attached hydrogens (tertiary/aromatic N) is 4. The van der Waals surface area contributed by atoms with Crippen molar-refractivity contribution in [3.63, 3.8) is 0 Å². The van der Waals surface area contributed by atoms with Crippen molar-refractivity contribution in [2.24, 2.45) is 0 Å². The lowest BCUT2D eigenvalue weighted by Crippen LogP contribution is -2.17. The Labute approximate surface area is 153 Å². The molecule has 7 nitrogen and oxygen atoms in total. The van der Waals surface area contributed by atoms with Crippen LogP contribution in [0.2, 0.25) is 0 Å². The smallest absolute Gasteiger partial charge is 0.343 e. The predicted octanol–water partition coefficient (Wildman–Crippen LogP) is 2.74. The highest BCUT2D eigenvalue weighted by molar-refractivity contribution is 7.98. The molecule has 0 radical (unpaired) electrons. The molecular weight excluding hydrogens is 356 g/mol. The maximum Gasteiger partial charge on any atom is 0.343 e. The number of thiophene rings is 1. The summed E-state index contributed by atoms with van der Waals surface area (Å²) in [5.74, 6) is 1.80. The van der Waals surface area contributed by atoms with Crippen molar-refractivity contribution in [3.8, 4) is 0 Å². The van der Waals surface area contributed by atoms with Crippen LogP contribution in [0.3, 0.4) is 0 Å². The minimum atomic E-state index is -0.175. The van der Waals surface area contributed by atoms with E-state index in [9.17, 15) is 4.79 Å². The van der Waals surface area contributed by atoms with Gasteiger partial charge in [0.1, 0.15) is 16.5 Å². The summed E-state index contributed by atoms with van der Waals surface area (Å²) in [6, 6.07) is 0. The summed E-state index contributed by atoms with van der Waals surface area (Å²) in [7, 11) is 0. The van der Waals surface area contributed by atoms with Gasteiger partial charge in [-0.3, -0.25) is 4.57 Å². The highest BCUT2D eigenvalue weighted by Gasteiger charge is 2.20. The van der Waals surface area contributed by atoms with E-state index in [-0.39, 0.29) is 5.69 Å². The van der Waals surface area contributed by atoms with Gasteiger partial charge in [-0.25, -0.2) is 19.9 Å². The normalized spacial score (nSPS) is 14.1. The Morgan fingerprint density at radius 1 is 1.32 bits per heavy atom. The molecule has 0 fully saturated rings. The number of hydrogen-bond donors (Lipinski definition) is 2. The number of hydrogen-bond acceptors (Lipinski definition) is 7. The summed E-state index contributed by atoms with van der Waals surface area (Å²) < 4.78 is 1.65. The van der Waals surface area contributed by atoms with Crippen LogP contribution in [0, 0.1) is 0 Å². The van der Waals surface area contributed by atoms with Crippen LogP contribution in [0.1, 0.15) is 42.5 Å². The number of anilines is 1. The van der Waals surface area contributed by atoms with E-state index < -0.39 is 0 Å². The van der Waals surface area contributed by atoms with Crippen molar-refractivity contribution in [1.82, 2.24) is 24.7 Å². The Balaban J connectivity index is 1.61. The van der Waals surface area contributed by atoms with Crippen LogP contribution in [0.15, 0.2) is 9.95 Å². The van der Waals surface area contributed by atoms with Gasteiger partial charge >= 0.3 is 5.69 Å². The second kappa shape index (κ2) is 6.80. The fourth-order valence-corrected chi connectivity index (χ4v) is 5.37. The van der Waals surface area contributed by atoms with E-state index in [0.29, 0.717) is 29.1 Å². The maximum atomic E-state index is 11.8. The molecule has 0 saturated heterocycles. The number of fused-ring (bicyclic) bond motifs is 3. The molecule has 0 amide bonds. The fraction of sp³-hybridized carbons (Fsp3) is 0.500. The van der Waals surface area contributed by atoms with Crippen molar-refractivity contribution in [3.05, 3.63) is 26.7 Å². The summed E-state index contributed by atoms with van der Waals surface area (Å²) in [5.41, 5.74) is 7.42. The van der Waals surface area contributed by atoms with E-state index in [1.54, 1.807) is 15.9 Å². The maximum absolute atomic E-state index is 11.8. The van der Waals surface area contributed by atoms with Crippen LogP contribution < -0.4 is 11.4 Å². The second-order valence-corrected chi connectivity index (χ2v) is 8.19. The Bertz CT molecular complexity index is 973. The monoisotopic (exact) mass is 376 g/mol. The molecular formula is C16H20N6OS2. The molecule has 3 heterocycles. The zero-order valence-corrected chi connectivity index (χ0v) is 15.7. The number of nitrogen functional groups attached to an aromatic ring is 1. The number of rotatable bonds is 5. The molecule has 0 saturated carbocycles. The standard InChI is InChI=1S/C16H20N6OS2/c1-2-7-22-15(23)20-21-16(22)24-8-11-18-13(17)12-9-5-3-4-6-10(9)25-14(12)19-11/h2-8H2,1H3,(H,20,23)(H2,17,18,19). The molecule has 0 aromatic carbocycles. The third kappa shape index (κ3) is 3.06. The molecule has 0 aliphatic heterocycles. The summed E-state index contributed by atoms with van der Waals surface area (Å²) in [6.45, 7) is 2.68. The minimum Gasteiger partial charge on any atom is -0.383 e. The molecule has 0 bridgehead atoms. The molecule has 25 heavy (non-hydrogen) atoms. The average molecular weight is 377 g/mol. The SMILES string of the molecule is CCCn1c(SCc2nc(N)c3c4c(sc3n2)CCCC4)n[nH]c1=O. The molecule has 0 atom stereocenters. The van der Waals surface area contributed by atoms with Gasteiger partial charge in [0.25, 0.3) is 0 Å². The molecule has 0 unspecified atom stereocenters. The van der Waals surface area contributed by atoms with Crippen LogP contribution in [0.25, 0.3) is 10.2 Å². The van der Waals surface area contributed by atoms with Gasteiger partial charge in [0.15, 0.2) is 5.16 Å². The van der Waals surface area contributed by atoms with Crippen LogP contribution in [-0.2, 0) is 25.1 Å².